The highest BCUT2D eigenvalue weighted by atomic mass is 35.5. The average molecular weight is 531 g/mol. The van der Waals surface area contributed by atoms with Crippen LogP contribution < -0.4 is 14.4 Å². The second-order valence-corrected chi connectivity index (χ2v) is 9.62. The summed E-state index contributed by atoms with van der Waals surface area (Å²) >= 11 is 5.60. The summed E-state index contributed by atoms with van der Waals surface area (Å²) in [5.41, 5.74) is -0.855. The molecule has 1 amide bonds. The first-order valence-electron chi connectivity index (χ1n) is 9.92. The molecule has 0 atom stereocenters. The molecule has 0 aliphatic rings. The van der Waals surface area contributed by atoms with E-state index in [1.54, 1.807) is 13.0 Å². The van der Waals surface area contributed by atoms with Gasteiger partial charge in [-0.1, -0.05) is 17.7 Å². The highest BCUT2D eigenvalue weighted by Crippen LogP contribution is 2.36. The zero-order chi connectivity index (χ0) is 26.0. The van der Waals surface area contributed by atoms with Crippen molar-refractivity contribution in [2.75, 3.05) is 23.3 Å². The van der Waals surface area contributed by atoms with E-state index in [4.69, 9.17) is 16.3 Å². The predicted molar refractivity (Wildman–Crippen MR) is 124 cm³/mol. The number of hydrogen-bond acceptors (Lipinski definition) is 4. The third-order valence-corrected chi connectivity index (χ3v) is 6.97. The second-order valence-electron chi connectivity index (χ2n) is 7.38. The van der Waals surface area contributed by atoms with Gasteiger partial charge in [-0.15, -0.1) is 0 Å². The van der Waals surface area contributed by atoms with Crippen molar-refractivity contribution < 1.29 is 35.5 Å². The quantitative estimate of drug-likeness (QED) is 0.401. The van der Waals surface area contributed by atoms with Crippen LogP contribution >= 0.6 is 11.6 Å². The van der Waals surface area contributed by atoms with Crippen LogP contribution in [0.25, 0.3) is 0 Å². The molecule has 0 heterocycles. The van der Waals surface area contributed by atoms with Crippen LogP contribution in [0.2, 0.25) is 5.02 Å². The number of ether oxygens (including phenoxy) is 1. The molecule has 1 N–H and O–H groups in total. The topological polar surface area (TPSA) is 75.7 Å². The lowest BCUT2D eigenvalue weighted by molar-refractivity contribution is -0.137. The van der Waals surface area contributed by atoms with E-state index in [-0.39, 0.29) is 22.0 Å². The van der Waals surface area contributed by atoms with Crippen LogP contribution in [0, 0.1) is 12.7 Å². The molecule has 35 heavy (non-hydrogen) atoms. The number of carbonyl (C=O) groups is 1. The molecule has 0 unspecified atom stereocenters. The molecule has 12 heteroatoms. The maximum atomic E-state index is 13.6. The molecule has 0 spiro atoms. The summed E-state index contributed by atoms with van der Waals surface area (Å²) in [4.78, 5) is 12.5. The first-order valence-corrected chi connectivity index (χ1v) is 11.7. The van der Waals surface area contributed by atoms with Gasteiger partial charge in [-0.2, -0.15) is 13.2 Å². The van der Waals surface area contributed by atoms with Gasteiger partial charge in [0.25, 0.3) is 10.0 Å². The van der Waals surface area contributed by atoms with E-state index >= 15 is 0 Å². The van der Waals surface area contributed by atoms with Crippen LogP contribution in [-0.2, 0) is 21.0 Å². The largest absolute Gasteiger partial charge is 0.495 e. The normalized spacial score (nSPS) is 11.7. The van der Waals surface area contributed by atoms with Gasteiger partial charge in [-0.3, -0.25) is 9.10 Å². The smallest absolute Gasteiger partial charge is 0.417 e. The molecule has 0 aromatic heterocycles. The van der Waals surface area contributed by atoms with Crippen molar-refractivity contribution in [3.05, 3.63) is 82.6 Å². The SMILES string of the molecule is COc1ccc(C)cc1S(=O)(=O)N(CC(=O)Nc1ccc(Cl)c(C(F)(F)F)c1)c1ccc(F)cc1. The summed E-state index contributed by atoms with van der Waals surface area (Å²) in [7, 11) is -3.16. The Balaban J connectivity index is 2.00. The first kappa shape index (κ1) is 26.3. The summed E-state index contributed by atoms with van der Waals surface area (Å²) in [5.74, 6) is -1.57. The van der Waals surface area contributed by atoms with Crippen LogP contribution in [0.5, 0.6) is 5.75 Å². The Labute approximate surface area is 204 Å². The standard InChI is InChI=1S/C23H19ClF4N2O4S/c1-14-3-10-20(34-2)21(11-14)35(32,33)30(17-7-4-15(25)5-8-17)13-22(31)29-16-6-9-19(24)18(12-16)23(26,27)28/h3-12H,13H2,1-2H3,(H,29,31). The number of hydrogen-bond donors (Lipinski definition) is 1. The lowest BCUT2D eigenvalue weighted by atomic mass is 10.2. The van der Waals surface area contributed by atoms with Crippen molar-refractivity contribution in [1.29, 1.82) is 0 Å². The molecule has 0 saturated carbocycles. The summed E-state index contributed by atoms with van der Waals surface area (Å²) in [5, 5.41) is 1.69. The molecule has 0 bridgehead atoms. The van der Waals surface area contributed by atoms with E-state index in [0.717, 1.165) is 36.4 Å². The number of nitrogens with zero attached hydrogens (tertiary/aromatic N) is 1. The number of carbonyl (C=O) groups excluding carboxylic acids is 1. The highest BCUT2D eigenvalue weighted by Gasteiger charge is 2.34. The molecule has 0 saturated heterocycles. The van der Waals surface area contributed by atoms with E-state index in [1.165, 1.54) is 19.2 Å². The number of sulfonamides is 1. The number of aryl methyl sites for hydroxylation is 1. The first-order chi connectivity index (χ1) is 16.3. The van der Waals surface area contributed by atoms with Crippen LogP contribution in [-0.4, -0.2) is 28.0 Å². The van der Waals surface area contributed by atoms with Crippen molar-refractivity contribution in [3.63, 3.8) is 0 Å². The van der Waals surface area contributed by atoms with Gasteiger partial charge in [0.1, 0.15) is 23.0 Å². The summed E-state index contributed by atoms with van der Waals surface area (Å²) < 4.78 is 86.0. The Hall–Kier alpha value is -3.31. The Morgan fingerprint density at radius 2 is 1.71 bits per heavy atom. The third kappa shape index (κ3) is 6.04. The van der Waals surface area contributed by atoms with E-state index < -0.39 is 45.1 Å². The maximum Gasteiger partial charge on any atom is 0.417 e. The van der Waals surface area contributed by atoms with Crippen LogP contribution in [0.1, 0.15) is 11.1 Å². The van der Waals surface area contributed by atoms with Gasteiger partial charge >= 0.3 is 6.18 Å². The minimum atomic E-state index is -4.76. The number of anilines is 2. The summed E-state index contributed by atoms with van der Waals surface area (Å²) in [6.45, 7) is 0.835. The summed E-state index contributed by atoms with van der Waals surface area (Å²) in [6.07, 6.45) is -4.76. The number of amides is 1. The van der Waals surface area contributed by atoms with E-state index in [2.05, 4.69) is 5.32 Å². The van der Waals surface area contributed by atoms with Gasteiger partial charge in [0.15, 0.2) is 0 Å². The van der Waals surface area contributed by atoms with Crippen molar-refractivity contribution >= 4 is 38.9 Å². The number of halogens is 5. The minimum Gasteiger partial charge on any atom is -0.495 e. The van der Waals surface area contributed by atoms with E-state index in [0.29, 0.717) is 15.9 Å². The Morgan fingerprint density at radius 3 is 2.31 bits per heavy atom. The minimum absolute atomic E-state index is 0.00985. The third-order valence-electron chi connectivity index (χ3n) is 4.84. The van der Waals surface area contributed by atoms with Crippen molar-refractivity contribution in [3.8, 4) is 5.75 Å². The van der Waals surface area contributed by atoms with E-state index in [1.807, 2.05) is 0 Å². The lowest BCUT2D eigenvalue weighted by Gasteiger charge is -2.25. The molecule has 0 aliphatic heterocycles. The molecule has 3 aromatic carbocycles. The van der Waals surface area contributed by atoms with E-state index in [9.17, 15) is 30.8 Å². The van der Waals surface area contributed by atoms with Crippen LogP contribution in [0.3, 0.4) is 0 Å². The fourth-order valence-corrected chi connectivity index (χ4v) is 5.07. The Kier molecular flexibility index (Phi) is 7.61. The zero-order valence-corrected chi connectivity index (χ0v) is 19.9. The van der Waals surface area contributed by atoms with Gasteiger partial charge in [0, 0.05) is 5.69 Å². The fourth-order valence-electron chi connectivity index (χ4n) is 3.18. The molecule has 0 aliphatic carbocycles. The van der Waals surface area contributed by atoms with Gasteiger partial charge in [-0.25, -0.2) is 12.8 Å². The molecule has 3 aromatic rings. The molecular formula is C23H19ClF4N2O4S. The zero-order valence-electron chi connectivity index (χ0n) is 18.4. The molecule has 3 rings (SSSR count). The summed E-state index contributed by atoms with van der Waals surface area (Å²) in [6, 6.07) is 11.5. The number of benzene rings is 3. The molecular weight excluding hydrogens is 512 g/mol. The van der Waals surface area contributed by atoms with Crippen molar-refractivity contribution in [2.24, 2.45) is 0 Å². The highest BCUT2D eigenvalue weighted by molar-refractivity contribution is 7.93. The average Bonchev–Trinajstić information content (AvgIpc) is 2.78. The van der Waals surface area contributed by atoms with Crippen molar-refractivity contribution in [1.82, 2.24) is 0 Å². The second kappa shape index (κ2) is 10.1. The fraction of sp³-hybridized carbons (Fsp3) is 0.174. The molecule has 186 valence electrons. The van der Waals surface area contributed by atoms with Crippen LogP contribution in [0.4, 0.5) is 28.9 Å². The molecule has 0 fully saturated rings. The van der Waals surface area contributed by atoms with Crippen LogP contribution in [0.15, 0.2) is 65.6 Å². The maximum absolute atomic E-state index is 13.6. The molecule has 0 radical (unpaired) electrons. The van der Waals surface area contributed by atoms with Gasteiger partial charge in [-0.05, 0) is 67.1 Å². The number of rotatable bonds is 7. The molecule has 6 nitrogen and oxygen atoms in total. The van der Waals surface area contributed by atoms with Gasteiger partial charge in [0.05, 0.1) is 23.4 Å². The van der Waals surface area contributed by atoms with Gasteiger partial charge in [0.2, 0.25) is 5.91 Å². The lowest BCUT2D eigenvalue weighted by Crippen LogP contribution is -2.38. The predicted octanol–water partition coefficient (Wildman–Crippen LogP) is 5.65. The monoisotopic (exact) mass is 530 g/mol. The van der Waals surface area contributed by atoms with Crippen molar-refractivity contribution in [2.45, 2.75) is 18.0 Å². The number of nitrogens with one attached hydrogen (secondary N) is 1. The Bertz CT molecular complexity index is 1350. The number of alkyl halides is 3. The number of methoxy groups -OCH3 is 1. The van der Waals surface area contributed by atoms with Gasteiger partial charge < -0.3 is 10.1 Å². The Morgan fingerprint density at radius 1 is 1.06 bits per heavy atom.